The number of carbonyl (C=O) groups excluding carboxylic acids is 1. The van der Waals surface area contributed by atoms with Gasteiger partial charge in [-0.2, -0.15) is 13.2 Å². The zero-order valence-corrected chi connectivity index (χ0v) is 18.9. The van der Waals surface area contributed by atoms with Gasteiger partial charge in [-0.15, -0.1) is 0 Å². The van der Waals surface area contributed by atoms with Crippen molar-refractivity contribution in [3.63, 3.8) is 0 Å². The Balaban J connectivity index is 1.58. The molecule has 0 radical (unpaired) electrons. The van der Waals surface area contributed by atoms with Gasteiger partial charge < -0.3 is 20.3 Å². The largest absolute Gasteiger partial charge is 0.502 e. The van der Waals surface area contributed by atoms with Crippen LogP contribution in [0.2, 0.25) is 0 Å². The molecule has 3 aromatic carbocycles. The quantitative estimate of drug-likeness (QED) is 0.352. The van der Waals surface area contributed by atoms with Crippen molar-refractivity contribution in [3.8, 4) is 5.75 Å². The number of hydrogen-bond acceptors (Lipinski definition) is 4. The molecule has 0 spiro atoms. The van der Waals surface area contributed by atoms with E-state index in [0.717, 1.165) is 12.1 Å². The molecule has 6 nitrogen and oxygen atoms in total. The number of pyridine rings is 1. The molecule has 0 saturated carbocycles. The number of nitrogens with zero attached hydrogens (tertiary/aromatic N) is 1. The number of rotatable bonds is 5. The van der Waals surface area contributed by atoms with Gasteiger partial charge in [0.05, 0.1) is 22.7 Å². The summed E-state index contributed by atoms with van der Waals surface area (Å²) in [4.78, 5) is 25.5. The standard InChI is InChI=1S/C26H22F3N3O3/c1-15(30-24(34)22-20-11-3-4-12-21(20)32(2)25(35)23(22)33)16-7-5-9-18(13-16)31-19-10-6-8-17(14-19)26(27,28)29/h3-15,31,33H,1-2H3,(H,30,34). The molecule has 0 aliphatic carbocycles. The number of halogens is 3. The molecule has 1 unspecified atom stereocenters. The molecule has 0 fully saturated rings. The fraction of sp³-hybridized carbons (Fsp3) is 0.154. The zero-order chi connectivity index (χ0) is 25.3. The number of aromatic hydroxyl groups is 1. The molecule has 1 aromatic heterocycles. The van der Waals surface area contributed by atoms with Gasteiger partial charge in [0.15, 0.2) is 5.75 Å². The molecule has 0 bridgehead atoms. The molecule has 180 valence electrons. The van der Waals surface area contributed by atoms with E-state index in [1.807, 2.05) is 0 Å². The van der Waals surface area contributed by atoms with Crippen molar-refractivity contribution in [1.29, 1.82) is 0 Å². The lowest BCUT2D eigenvalue weighted by Crippen LogP contribution is -2.29. The number of nitrogens with one attached hydrogen (secondary N) is 2. The van der Waals surface area contributed by atoms with Crippen LogP contribution in [0.5, 0.6) is 5.75 Å². The van der Waals surface area contributed by atoms with E-state index < -0.39 is 35.0 Å². The molecule has 4 aromatic rings. The normalized spacial score (nSPS) is 12.4. The molecule has 0 aliphatic rings. The summed E-state index contributed by atoms with van der Waals surface area (Å²) >= 11 is 0. The van der Waals surface area contributed by atoms with Gasteiger partial charge in [-0.05, 0) is 48.9 Å². The van der Waals surface area contributed by atoms with Crippen LogP contribution in [0.25, 0.3) is 10.9 Å². The van der Waals surface area contributed by atoms with Crippen LogP contribution in [0.3, 0.4) is 0 Å². The van der Waals surface area contributed by atoms with Gasteiger partial charge in [-0.1, -0.05) is 36.4 Å². The Morgan fingerprint density at radius 1 is 0.971 bits per heavy atom. The van der Waals surface area contributed by atoms with Crippen molar-refractivity contribution in [1.82, 2.24) is 9.88 Å². The van der Waals surface area contributed by atoms with Crippen LogP contribution in [-0.4, -0.2) is 15.6 Å². The fourth-order valence-corrected chi connectivity index (χ4v) is 3.89. The van der Waals surface area contributed by atoms with Crippen molar-refractivity contribution >= 4 is 28.2 Å². The van der Waals surface area contributed by atoms with Crippen LogP contribution in [-0.2, 0) is 13.2 Å². The minimum atomic E-state index is -4.45. The minimum Gasteiger partial charge on any atom is -0.502 e. The molecule has 1 heterocycles. The maximum Gasteiger partial charge on any atom is 0.416 e. The highest BCUT2D eigenvalue weighted by Gasteiger charge is 2.30. The Morgan fingerprint density at radius 2 is 1.63 bits per heavy atom. The molecule has 0 saturated heterocycles. The van der Waals surface area contributed by atoms with Gasteiger partial charge in [-0.3, -0.25) is 9.59 Å². The summed E-state index contributed by atoms with van der Waals surface area (Å²) in [6.07, 6.45) is -4.45. The number of anilines is 2. The van der Waals surface area contributed by atoms with Gasteiger partial charge in [-0.25, -0.2) is 0 Å². The molecule has 1 atom stereocenters. The van der Waals surface area contributed by atoms with Crippen LogP contribution in [0.1, 0.15) is 34.5 Å². The van der Waals surface area contributed by atoms with Crippen LogP contribution in [0.15, 0.2) is 77.6 Å². The van der Waals surface area contributed by atoms with E-state index in [0.29, 0.717) is 22.2 Å². The average Bonchev–Trinajstić information content (AvgIpc) is 2.82. The molecule has 4 rings (SSSR count). The second kappa shape index (κ2) is 9.17. The molecule has 3 N–H and O–H groups in total. The highest BCUT2D eigenvalue weighted by molar-refractivity contribution is 6.08. The first-order valence-corrected chi connectivity index (χ1v) is 10.7. The van der Waals surface area contributed by atoms with Gasteiger partial charge in [0.2, 0.25) is 0 Å². The van der Waals surface area contributed by atoms with Crippen molar-refractivity contribution in [2.24, 2.45) is 7.05 Å². The number of benzene rings is 3. The van der Waals surface area contributed by atoms with E-state index in [4.69, 9.17) is 0 Å². The van der Waals surface area contributed by atoms with Crippen molar-refractivity contribution in [2.75, 3.05) is 5.32 Å². The van der Waals surface area contributed by atoms with E-state index in [2.05, 4.69) is 10.6 Å². The Kier molecular flexibility index (Phi) is 6.26. The number of amides is 1. The van der Waals surface area contributed by atoms with Crippen LogP contribution < -0.4 is 16.2 Å². The molecule has 35 heavy (non-hydrogen) atoms. The van der Waals surface area contributed by atoms with Gasteiger partial charge in [0.1, 0.15) is 0 Å². The van der Waals surface area contributed by atoms with Crippen molar-refractivity contribution in [3.05, 3.63) is 99.8 Å². The van der Waals surface area contributed by atoms with Crippen molar-refractivity contribution in [2.45, 2.75) is 19.1 Å². The lowest BCUT2D eigenvalue weighted by Gasteiger charge is -2.18. The third kappa shape index (κ3) is 4.84. The highest BCUT2D eigenvalue weighted by atomic mass is 19.4. The fourth-order valence-electron chi connectivity index (χ4n) is 3.89. The SMILES string of the molecule is CC(NC(=O)c1c(O)c(=O)n(C)c2ccccc12)c1cccc(Nc2cccc(C(F)(F)F)c2)c1. The molecule has 1 amide bonds. The summed E-state index contributed by atoms with van der Waals surface area (Å²) in [6, 6.07) is 17.9. The number of fused-ring (bicyclic) bond motifs is 1. The van der Waals surface area contributed by atoms with Gasteiger partial charge in [0, 0.05) is 23.8 Å². The number of aromatic nitrogens is 1. The van der Waals surface area contributed by atoms with E-state index in [-0.39, 0.29) is 11.3 Å². The first-order chi connectivity index (χ1) is 16.6. The third-order valence-corrected chi connectivity index (χ3v) is 5.72. The number of alkyl halides is 3. The Hall–Kier alpha value is -4.27. The first-order valence-electron chi connectivity index (χ1n) is 10.7. The van der Waals surface area contributed by atoms with E-state index in [9.17, 15) is 27.9 Å². The summed E-state index contributed by atoms with van der Waals surface area (Å²) in [6.45, 7) is 1.72. The summed E-state index contributed by atoms with van der Waals surface area (Å²) < 4.78 is 40.3. The number of hydrogen-bond donors (Lipinski definition) is 3. The van der Waals surface area contributed by atoms with E-state index in [1.54, 1.807) is 55.5 Å². The predicted molar refractivity (Wildman–Crippen MR) is 128 cm³/mol. The second-order valence-corrected chi connectivity index (χ2v) is 8.13. The Bertz CT molecular complexity index is 1480. The lowest BCUT2D eigenvalue weighted by molar-refractivity contribution is -0.137. The Labute approximate surface area is 198 Å². The van der Waals surface area contributed by atoms with Gasteiger partial charge in [0.25, 0.3) is 11.5 Å². The van der Waals surface area contributed by atoms with Gasteiger partial charge >= 0.3 is 6.18 Å². The summed E-state index contributed by atoms with van der Waals surface area (Å²) in [5.41, 5.74) is 0.404. The molecular formula is C26H22F3N3O3. The molecule has 9 heteroatoms. The number of aryl methyl sites for hydroxylation is 1. The lowest BCUT2D eigenvalue weighted by atomic mass is 10.0. The van der Waals surface area contributed by atoms with Crippen LogP contribution >= 0.6 is 0 Å². The second-order valence-electron chi connectivity index (χ2n) is 8.13. The Morgan fingerprint density at radius 3 is 2.34 bits per heavy atom. The smallest absolute Gasteiger partial charge is 0.416 e. The predicted octanol–water partition coefficient (Wildman–Crippen LogP) is 5.50. The minimum absolute atomic E-state index is 0.117. The van der Waals surface area contributed by atoms with Crippen LogP contribution in [0, 0.1) is 0 Å². The molecule has 0 aliphatic heterocycles. The number of para-hydroxylation sites is 1. The van der Waals surface area contributed by atoms with E-state index >= 15 is 0 Å². The topological polar surface area (TPSA) is 83.4 Å². The first kappa shape index (κ1) is 23.9. The monoisotopic (exact) mass is 481 g/mol. The summed E-state index contributed by atoms with van der Waals surface area (Å²) in [7, 11) is 1.51. The summed E-state index contributed by atoms with van der Waals surface area (Å²) in [5.74, 6) is -1.27. The maximum absolute atomic E-state index is 13.1. The zero-order valence-electron chi connectivity index (χ0n) is 18.9. The summed E-state index contributed by atoms with van der Waals surface area (Å²) in [5, 5.41) is 16.6. The van der Waals surface area contributed by atoms with E-state index in [1.165, 1.54) is 23.7 Å². The average molecular weight is 481 g/mol. The highest BCUT2D eigenvalue weighted by Crippen LogP contribution is 2.32. The third-order valence-electron chi connectivity index (χ3n) is 5.72. The maximum atomic E-state index is 13.1. The van der Waals surface area contributed by atoms with Crippen LogP contribution in [0.4, 0.5) is 24.5 Å². The molecular weight excluding hydrogens is 459 g/mol. The van der Waals surface area contributed by atoms with Crippen molar-refractivity contribution < 1.29 is 23.1 Å². The number of carbonyl (C=O) groups is 1.